The van der Waals surface area contributed by atoms with Gasteiger partial charge in [-0.25, -0.2) is 9.59 Å². The maximum atomic E-state index is 12.8. The molecule has 2 unspecified atom stereocenters. The number of carboxylic acids is 2. The highest BCUT2D eigenvalue weighted by Gasteiger charge is 2.54. The molecule has 0 aromatic carbocycles. The lowest BCUT2D eigenvalue weighted by molar-refractivity contribution is -0.150. The number of carbonyl (C=O) groups is 4. The molecule has 0 radical (unpaired) electrons. The van der Waals surface area contributed by atoms with Crippen molar-refractivity contribution in [2.45, 2.75) is 24.4 Å². The summed E-state index contributed by atoms with van der Waals surface area (Å²) in [6, 6.07) is -1.05. The Balaban J connectivity index is 1.82. The predicted molar refractivity (Wildman–Crippen MR) is 109 cm³/mol. The minimum absolute atomic E-state index is 0.0312. The van der Waals surface area contributed by atoms with Crippen molar-refractivity contribution < 1.29 is 34.2 Å². The molecule has 164 valence electrons. The van der Waals surface area contributed by atoms with Gasteiger partial charge in [0.05, 0.1) is 0 Å². The van der Waals surface area contributed by atoms with Crippen molar-refractivity contribution in [3.63, 3.8) is 0 Å². The van der Waals surface area contributed by atoms with E-state index < -0.39 is 47.0 Å². The SMILES string of the molecule is C=CC1=C(C(=O)O)N2C(=O)C(NC(=O)C(=NOC(C)C(=O)O)c3nsc(N)n3)[C@@H]2SC1. The molecule has 0 bridgehead atoms. The molecule has 2 aliphatic rings. The van der Waals surface area contributed by atoms with Gasteiger partial charge in [-0.1, -0.05) is 17.8 Å². The Bertz CT molecular complexity index is 1040. The van der Waals surface area contributed by atoms with Gasteiger partial charge < -0.3 is 26.1 Å². The van der Waals surface area contributed by atoms with E-state index in [9.17, 15) is 24.3 Å². The summed E-state index contributed by atoms with van der Waals surface area (Å²) in [4.78, 5) is 57.6. The summed E-state index contributed by atoms with van der Waals surface area (Å²) in [5.41, 5.74) is 5.26. The zero-order valence-electron chi connectivity index (χ0n) is 15.8. The molecule has 1 saturated heterocycles. The number of aliphatic carboxylic acids is 2. The van der Waals surface area contributed by atoms with Gasteiger partial charge in [0.1, 0.15) is 17.1 Å². The van der Waals surface area contributed by atoms with E-state index in [2.05, 4.69) is 26.4 Å². The zero-order chi connectivity index (χ0) is 22.9. The van der Waals surface area contributed by atoms with Crippen molar-refractivity contribution in [3.05, 3.63) is 29.7 Å². The highest BCUT2D eigenvalue weighted by atomic mass is 32.2. The molecular formula is C16H16N6O7S2. The van der Waals surface area contributed by atoms with E-state index in [1.807, 2.05) is 0 Å². The minimum Gasteiger partial charge on any atom is -0.478 e. The zero-order valence-corrected chi connectivity index (χ0v) is 17.5. The molecule has 0 spiro atoms. The van der Waals surface area contributed by atoms with Gasteiger partial charge in [0.2, 0.25) is 17.6 Å². The van der Waals surface area contributed by atoms with E-state index in [-0.39, 0.29) is 22.4 Å². The molecule has 3 atom stereocenters. The number of fused-ring (bicyclic) bond motifs is 1. The van der Waals surface area contributed by atoms with Crippen LogP contribution >= 0.6 is 23.3 Å². The van der Waals surface area contributed by atoms with Crippen LogP contribution < -0.4 is 11.1 Å². The second-order valence-corrected chi connectivity index (χ2v) is 8.11. The first kappa shape index (κ1) is 22.2. The first-order chi connectivity index (χ1) is 14.6. The van der Waals surface area contributed by atoms with Crippen LogP contribution in [0.5, 0.6) is 0 Å². The normalized spacial score (nSPS) is 21.6. The van der Waals surface area contributed by atoms with Crippen LogP contribution in [0.3, 0.4) is 0 Å². The first-order valence-corrected chi connectivity index (χ1v) is 10.4. The quantitative estimate of drug-likeness (QED) is 0.212. The van der Waals surface area contributed by atoms with Crippen LogP contribution in [0.4, 0.5) is 5.13 Å². The van der Waals surface area contributed by atoms with Crippen LogP contribution in [0.1, 0.15) is 12.7 Å². The number of hydrogen-bond donors (Lipinski definition) is 4. The van der Waals surface area contributed by atoms with Crippen molar-refractivity contribution in [2.75, 3.05) is 11.5 Å². The number of hydrogen-bond acceptors (Lipinski definition) is 11. The monoisotopic (exact) mass is 468 g/mol. The number of nitrogens with two attached hydrogens (primary N) is 1. The van der Waals surface area contributed by atoms with E-state index in [0.717, 1.165) is 16.4 Å². The summed E-state index contributed by atoms with van der Waals surface area (Å²) >= 11 is 2.03. The number of thioether (sulfide) groups is 1. The Morgan fingerprint density at radius 1 is 1.45 bits per heavy atom. The van der Waals surface area contributed by atoms with Crippen LogP contribution in [-0.2, 0) is 24.0 Å². The van der Waals surface area contributed by atoms with Crippen molar-refractivity contribution in [2.24, 2.45) is 5.16 Å². The van der Waals surface area contributed by atoms with Crippen LogP contribution in [0, 0.1) is 0 Å². The first-order valence-electron chi connectivity index (χ1n) is 8.56. The van der Waals surface area contributed by atoms with E-state index >= 15 is 0 Å². The second-order valence-electron chi connectivity index (χ2n) is 6.23. The lowest BCUT2D eigenvalue weighted by Crippen LogP contribution is -2.71. The van der Waals surface area contributed by atoms with Crippen LogP contribution in [-0.4, -0.2) is 77.2 Å². The Hall–Kier alpha value is -3.46. The fourth-order valence-corrected chi connectivity index (χ4v) is 4.48. The summed E-state index contributed by atoms with van der Waals surface area (Å²) in [5, 5.41) is 23.7. The van der Waals surface area contributed by atoms with Gasteiger partial charge in [0.15, 0.2) is 5.13 Å². The van der Waals surface area contributed by atoms with Crippen LogP contribution in [0.2, 0.25) is 0 Å². The molecule has 31 heavy (non-hydrogen) atoms. The summed E-state index contributed by atoms with van der Waals surface area (Å²) in [6.07, 6.45) is 0.00435. The third-order valence-corrected chi connectivity index (χ3v) is 6.10. The number of nitrogens with zero attached hydrogens (tertiary/aromatic N) is 4. The maximum Gasteiger partial charge on any atom is 0.352 e. The molecule has 0 saturated carbocycles. The van der Waals surface area contributed by atoms with Crippen LogP contribution in [0.25, 0.3) is 0 Å². The van der Waals surface area contributed by atoms with Gasteiger partial charge in [-0.15, -0.1) is 11.8 Å². The minimum atomic E-state index is -1.37. The number of β-lactam (4-membered cyclic amide) rings is 1. The number of anilines is 1. The van der Waals surface area contributed by atoms with Crippen LogP contribution in [0.15, 0.2) is 29.1 Å². The number of allylic oxidation sites excluding steroid dienone is 1. The second kappa shape index (κ2) is 8.73. The number of oxime groups is 1. The lowest BCUT2D eigenvalue weighted by atomic mass is 10.0. The number of nitrogens with one attached hydrogen (secondary N) is 1. The molecule has 1 aromatic rings. The Labute approximate surface area is 182 Å². The van der Waals surface area contributed by atoms with Gasteiger partial charge in [-0.2, -0.15) is 9.36 Å². The average molecular weight is 468 g/mol. The standard InChI is InChI=1S/C16H16N6O7S2/c1-3-6-4-30-13-8(12(24)22(13)9(6)15(27)28)18-11(23)7(10-19-16(17)31-21-10)20-29-5(2)14(25)26/h3,5,8,13H,1,4H2,2H3,(H,18,23)(H,25,26)(H,27,28)(H2,17,19,21)/t5?,8?,13-/m0/s1. The van der Waals surface area contributed by atoms with Gasteiger partial charge in [0.25, 0.3) is 11.8 Å². The van der Waals surface area contributed by atoms with E-state index in [1.54, 1.807) is 0 Å². The number of carboxylic acid groups (broad SMARTS) is 2. The average Bonchev–Trinajstić information content (AvgIpc) is 3.16. The molecule has 3 heterocycles. The van der Waals surface area contributed by atoms with E-state index in [4.69, 9.17) is 15.7 Å². The van der Waals surface area contributed by atoms with Gasteiger partial charge in [0, 0.05) is 17.3 Å². The third kappa shape index (κ3) is 4.22. The third-order valence-electron chi connectivity index (χ3n) is 4.25. The highest BCUT2D eigenvalue weighted by Crippen LogP contribution is 2.40. The largest absolute Gasteiger partial charge is 0.478 e. The number of aromatic nitrogens is 2. The molecule has 2 amide bonds. The molecule has 13 nitrogen and oxygen atoms in total. The summed E-state index contributed by atoms with van der Waals surface area (Å²) < 4.78 is 3.86. The Morgan fingerprint density at radius 2 is 2.16 bits per heavy atom. The fraction of sp³-hybridized carbons (Fsp3) is 0.312. The van der Waals surface area contributed by atoms with E-state index in [1.165, 1.54) is 24.8 Å². The highest BCUT2D eigenvalue weighted by molar-refractivity contribution is 8.00. The van der Waals surface area contributed by atoms with Gasteiger partial charge >= 0.3 is 11.9 Å². The molecule has 1 aromatic heterocycles. The number of carbonyl (C=O) groups excluding carboxylic acids is 2. The Morgan fingerprint density at radius 3 is 2.71 bits per heavy atom. The number of amides is 2. The fourth-order valence-electron chi connectivity index (χ4n) is 2.70. The maximum absolute atomic E-state index is 12.8. The smallest absolute Gasteiger partial charge is 0.352 e. The van der Waals surface area contributed by atoms with Gasteiger partial charge in [-0.05, 0) is 12.5 Å². The molecule has 2 aliphatic heterocycles. The molecule has 3 rings (SSSR count). The molecular weight excluding hydrogens is 452 g/mol. The van der Waals surface area contributed by atoms with Crippen molar-refractivity contribution in [1.29, 1.82) is 0 Å². The predicted octanol–water partition coefficient (Wildman–Crippen LogP) is -0.761. The Kier molecular flexibility index (Phi) is 6.26. The summed E-state index contributed by atoms with van der Waals surface area (Å²) in [5.74, 6) is -4.06. The molecule has 0 aliphatic carbocycles. The molecule has 1 fully saturated rings. The van der Waals surface area contributed by atoms with Crippen molar-refractivity contribution in [3.8, 4) is 0 Å². The number of rotatable bonds is 8. The topological polar surface area (TPSA) is 197 Å². The van der Waals surface area contributed by atoms with E-state index in [0.29, 0.717) is 5.57 Å². The van der Waals surface area contributed by atoms with Crippen molar-refractivity contribution >= 4 is 57.9 Å². The van der Waals surface area contributed by atoms with Crippen molar-refractivity contribution in [1.82, 2.24) is 19.6 Å². The molecule has 5 N–H and O–H groups in total. The van der Waals surface area contributed by atoms with Gasteiger partial charge in [-0.3, -0.25) is 14.5 Å². The number of nitrogen functional groups attached to an aromatic ring is 1. The summed E-state index contributed by atoms with van der Waals surface area (Å²) in [6.45, 7) is 4.76. The summed E-state index contributed by atoms with van der Waals surface area (Å²) in [7, 11) is 0. The lowest BCUT2D eigenvalue weighted by Gasteiger charge is -2.49. The molecule has 15 heteroatoms.